The van der Waals surface area contributed by atoms with Crippen LogP contribution in [0.5, 0.6) is 0 Å². The quantitative estimate of drug-likeness (QED) is 0.639. The summed E-state index contributed by atoms with van der Waals surface area (Å²) in [5.74, 6) is 0.668. The molecule has 0 fully saturated rings. The zero-order chi connectivity index (χ0) is 11.2. The zero-order valence-corrected chi connectivity index (χ0v) is 10.7. The van der Waals surface area contributed by atoms with Crippen LogP contribution < -0.4 is 5.32 Å². The molecule has 2 heteroatoms. The highest BCUT2D eigenvalue weighted by Crippen LogP contribution is 2.31. The first-order valence-electron chi connectivity index (χ1n) is 5.79. The number of rotatable bonds is 7. The third-order valence-corrected chi connectivity index (χ3v) is 3.51. The molecule has 0 spiro atoms. The zero-order valence-electron chi connectivity index (χ0n) is 10.7. The molecule has 0 heterocycles. The summed E-state index contributed by atoms with van der Waals surface area (Å²) in [6, 6.07) is 0. The second kappa shape index (κ2) is 6.41. The Hall–Kier alpha value is -0.0800. The molecule has 0 unspecified atom stereocenters. The van der Waals surface area contributed by atoms with Gasteiger partial charge < -0.3 is 4.74 Å². The number of hydrogen-bond acceptors (Lipinski definition) is 2. The maximum atomic E-state index is 5.85. The van der Waals surface area contributed by atoms with Gasteiger partial charge in [-0.15, -0.1) is 0 Å². The van der Waals surface area contributed by atoms with E-state index < -0.39 is 0 Å². The third-order valence-electron chi connectivity index (χ3n) is 3.51. The van der Waals surface area contributed by atoms with E-state index in [0.29, 0.717) is 11.3 Å². The fourth-order valence-corrected chi connectivity index (χ4v) is 1.37. The highest BCUT2D eigenvalue weighted by Gasteiger charge is 2.27. The van der Waals surface area contributed by atoms with Crippen LogP contribution in [-0.2, 0) is 4.74 Å². The first kappa shape index (κ1) is 13.9. The van der Waals surface area contributed by atoms with Gasteiger partial charge >= 0.3 is 0 Å². The predicted molar refractivity (Wildman–Crippen MR) is 62.3 cm³/mol. The van der Waals surface area contributed by atoms with Crippen molar-refractivity contribution >= 4 is 0 Å². The Balaban J connectivity index is 4.06. The number of hydrogen-bond donors (Lipinski definition) is 1. The lowest BCUT2D eigenvalue weighted by molar-refractivity contribution is -0.0357. The summed E-state index contributed by atoms with van der Waals surface area (Å²) in [5, 5.41) is 3.17. The molecule has 0 aromatic carbocycles. The first-order valence-corrected chi connectivity index (χ1v) is 5.79. The van der Waals surface area contributed by atoms with Crippen LogP contribution in [0.2, 0.25) is 0 Å². The first-order chi connectivity index (χ1) is 6.50. The molecule has 0 aliphatic carbocycles. The lowest BCUT2D eigenvalue weighted by atomic mass is 9.78. The van der Waals surface area contributed by atoms with E-state index in [9.17, 15) is 0 Å². The van der Waals surface area contributed by atoms with Gasteiger partial charge in [0.15, 0.2) is 0 Å². The summed E-state index contributed by atoms with van der Waals surface area (Å²) in [4.78, 5) is 0. The molecule has 0 saturated heterocycles. The van der Waals surface area contributed by atoms with Gasteiger partial charge in [0.05, 0.1) is 6.61 Å². The molecule has 0 aliphatic heterocycles. The van der Waals surface area contributed by atoms with Crippen molar-refractivity contribution < 1.29 is 4.74 Å². The maximum absolute atomic E-state index is 5.85. The fourth-order valence-electron chi connectivity index (χ4n) is 1.37. The Morgan fingerprint density at radius 1 is 1.29 bits per heavy atom. The van der Waals surface area contributed by atoms with Crippen LogP contribution in [0.25, 0.3) is 0 Å². The molecule has 1 N–H and O–H groups in total. The van der Waals surface area contributed by atoms with E-state index in [1.54, 1.807) is 0 Å². The van der Waals surface area contributed by atoms with Crippen LogP contribution in [0.1, 0.15) is 47.5 Å². The summed E-state index contributed by atoms with van der Waals surface area (Å²) >= 11 is 0. The van der Waals surface area contributed by atoms with Gasteiger partial charge in [-0.2, -0.15) is 0 Å². The average Bonchev–Trinajstić information content (AvgIpc) is 2.18. The lowest BCUT2D eigenvalue weighted by Crippen LogP contribution is -2.35. The Bertz CT molecular complexity index is 143. The van der Waals surface area contributed by atoms with Crippen LogP contribution in [0.15, 0.2) is 0 Å². The smallest absolute Gasteiger partial charge is 0.107 e. The molecular formula is C12H27NO. The summed E-state index contributed by atoms with van der Waals surface area (Å²) in [5.41, 5.74) is 0.310. The van der Waals surface area contributed by atoms with Gasteiger partial charge in [-0.25, -0.2) is 0 Å². The standard InChI is InChI=1S/C12H27NO/c1-7-11(13-6)14-9-12(5,8-2)10(3)4/h10-11,13H,7-9H2,1-6H3/t11-,12+/m0/s1. The van der Waals surface area contributed by atoms with Gasteiger partial charge in [-0.1, -0.05) is 34.6 Å². The molecule has 0 radical (unpaired) electrons. The second-order valence-corrected chi connectivity index (χ2v) is 4.66. The molecular weight excluding hydrogens is 174 g/mol. The topological polar surface area (TPSA) is 21.3 Å². The van der Waals surface area contributed by atoms with E-state index in [0.717, 1.165) is 13.0 Å². The van der Waals surface area contributed by atoms with Gasteiger partial charge in [0.1, 0.15) is 6.23 Å². The van der Waals surface area contributed by atoms with Crippen molar-refractivity contribution in [2.24, 2.45) is 11.3 Å². The minimum Gasteiger partial charge on any atom is -0.363 e. The van der Waals surface area contributed by atoms with Gasteiger partial charge in [-0.3, -0.25) is 5.32 Å². The maximum Gasteiger partial charge on any atom is 0.107 e. The van der Waals surface area contributed by atoms with Crippen LogP contribution in [-0.4, -0.2) is 19.9 Å². The largest absolute Gasteiger partial charge is 0.363 e. The highest BCUT2D eigenvalue weighted by atomic mass is 16.5. The van der Waals surface area contributed by atoms with Crippen molar-refractivity contribution in [3.63, 3.8) is 0 Å². The highest BCUT2D eigenvalue weighted by molar-refractivity contribution is 4.76. The monoisotopic (exact) mass is 201 g/mol. The number of ether oxygens (including phenoxy) is 1. The van der Waals surface area contributed by atoms with Gasteiger partial charge in [-0.05, 0) is 31.2 Å². The van der Waals surface area contributed by atoms with E-state index in [1.807, 2.05) is 7.05 Å². The SMILES string of the molecule is CC[C@@H](NC)OC[C@@](C)(CC)C(C)C. The Morgan fingerprint density at radius 3 is 2.14 bits per heavy atom. The van der Waals surface area contributed by atoms with Crippen molar-refractivity contribution in [2.45, 2.75) is 53.7 Å². The molecule has 0 amide bonds. The fraction of sp³-hybridized carbons (Fsp3) is 1.00. The average molecular weight is 201 g/mol. The van der Waals surface area contributed by atoms with E-state index in [2.05, 4.69) is 39.9 Å². The van der Waals surface area contributed by atoms with Crippen molar-refractivity contribution in [2.75, 3.05) is 13.7 Å². The minimum atomic E-state index is 0.208. The van der Waals surface area contributed by atoms with E-state index in [-0.39, 0.29) is 6.23 Å². The van der Waals surface area contributed by atoms with Crippen LogP contribution in [0.4, 0.5) is 0 Å². The summed E-state index contributed by atoms with van der Waals surface area (Å²) in [6.45, 7) is 12.1. The Labute approximate surface area is 89.4 Å². The number of nitrogens with one attached hydrogen (secondary N) is 1. The van der Waals surface area contributed by atoms with Crippen molar-refractivity contribution in [3.8, 4) is 0 Å². The third kappa shape index (κ3) is 3.97. The normalized spacial score (nSPS) is 18.2. The van der Waals surface area contributed by atoms with Gasteiger partial charge in [0.25, 0.3) is 0 Å². The molecule has 0 aliphatic rings. The van der Waals surface area contributed by atoms with Gasteiger partial charge in [0.2, 0.25) is 0 Å². The second-order valence-electron chi connectivity index (χ2n) is 4.66. The molecule has 0 aromatic rings. The van der Waals surface area contributed by atoms with Crippen LogP contribution in [0, 0.1) is 11.3 Å². The Morgan fingerprint density at radius 2 is 1.86 bits per heavy atom. The predicted octanol–water partition coefficient (Wildman–Crippen LogP) is 3.03. The van der Waals surface area contributed by atoms with Crippen molar-refractivity contribution in [3.05, 3.63) is 0 Å². The summed E-state index contributed by atoms with van der Waals surface area (Å²) in [7, 11) is 1.95. The molecule has 0 bridgehead atoms. The van der Waals surface area contributed by atoms with Crippen LogP contribution in [0.3, 0.4) is 0 Å². The van der Waals surface area contributed by atoms with Crippen LogP contribution >= 0.6 is 0 Å². The minimum absolute atomic E-state index is 0.208. The van der Waals surface area contributed by atoms with E-state index in [1.165, 1.54) is 6.42 Å². The van der Waals surface area contributed by atoms with E-state index in [4.69, 9.17) is 4.74 Å². The lowest BCUT2D eigenvalue weighted by Gasteiger charge is -2.33. The molecule has 2 atom stereocenters. The van der Waals surface area contributed by atoms with E-state index >= 15 is 0 Å². The molecule has 14 heavy (non-hydrogen) atoms. The molecule has 0 rings (SSSR count). The van der Waals surface area contributed by atoms with Crippen molar-refractivity contribution in [1.29, 1.82) is 0 Å². The Kier molecular flexibility index (Phi) is 6.38. The molecule has 0 aromatic heterocycles. The summed E-state index contributed by atoms with van der Waals surface area (Å²) in [6.07, 6.45) is 2.40. The van der Waals surface area contributed by atoms with Gasteiger partial charge in [0, 0.05) is 0 Å². The molecule has 2 nitrogen and oxygen atoms in total. The van der Waals surface area contributed by atoms with Crippen molar-refractivity contribution in [1.82, 2.24) is 5.32 Å². The molecule has 86 valence electrons. The molecule has 0 saturated carbocycles. The summed E-state index contributed by atoms with van der Waals surface area (Å²) < 4.78 is 5.85.